The van der Waals surface area contributed by atoms with Crippen molar-refractivity contribution < 1.29 is 9.90 Å². The van der Waals surface area contributed by atoms with Crippen LogP contribution in [0.2, 0.25) is 0 Å². The van der Waals surface area contributed by atoms with Gasteiger partial charge in [0.15, 0.2) is 0 Å². The number of carbonyl (C=O) groups excluding carboxylic acids is 1. The first-order valence-electron chi connectivity index (χ1n) is 5.90. The van der Waals surface area contributed by atoms with Crippen LogP contribution in [0.5, 0.6) is 0 Å². The molecule has 0 aliphatic carbocycles. The van der Waals surface area contributed by atoms with E-state index >= 15 is 0 Å². The minimum atomic E-state index is -0.543. The van der Waals surface area contributed by atoms with E-state index in [2.05, 4.69) is 10.3 Å². The molecule has 18 heavy (non-hydrogen) atoms. The van der Waals surface area contributed by atoms with Gasteiger partial charge >= 0.3 is 0 Å². The minimum Gasteiger partial charge on any atom is -0.392 e. The van der Waals surface area contributed by atoms with E-state index in [1.807, 2.05) is 25.1 Å². The van der Waals surface area contributed by atoms with E-state index in [1.165, 1.54) is 0 Å². The summed E-state index contributed by atoms with van der Waals surface area (Å²) in [5, 5.41) is 12.7. The van der Waals surface area contributed by atoms with Crippen molar-refractivity contribution >= 4 is 16.8 Å². The van der Waals surface area contributed by atoms with Crippen LogP contribution in [0.3, 0.4) is 0 Å². The Hall–Kier alpha value is -1.94. The van der Waals surface area contributed by atoms with Crippen LogP contribution in [0.1, 0.15) is 23.0 Å². The van der Waals surface area contributed by atoms with Crippen molar-refractivity contribution in [2.24, 2.45) is 0 Å². The number of hydrogen-bond acceptors (Lipinski definition) is 3. The normalized spacial score (nSPS) is 12.4. The second-order valence-electron chi connectivity index (χ2n) is 4.42. The first-order valence-corrected chi connectivity index (χ1v) is 5.90. The number of carbonyl (C=O) groups is 1. The summed E-state index contributed by atoms with van der Waals surface area (Å²) in [5.74, 6) is -0.182. The van der Waals surface area contributed by atoms with Crippen molar-refractivity contribution in [2.45, 2.75) is 20.0 Å². The van der Waals surface area contributed by atoms with Gasteiger partial charge in [0.1, 0.15) is 0 Å². The molecule has 4 nitrogen and oxygen atoms in total. The van der Waals surface area contributed by atoms with E-state index < -0.39 is 6.10 Å². The van der Waals surface area contributed by atoms with E-state index in [0.717, 1.165) is 16.6 Å². The van der Waals surface area contributed by atoms with Gasteiger partial charge in [0.25, 0.3) is 5.91 Å². The van der Waals surface area contributed by atoms with Gasteiger partial charge in [-0.3, -0.25) is 9.78 Å². The Morgan fingerprint density at radius 1 is 1.39 bits per heavy atom. The summed E-state index contributed by atoms with van der Waals surface area (Å²) in [7, 11) is 0. The van der Waals surface area contributed by atoms with Gasteiger partial charge in [0, 0.05) is 23.2 Å². The molecule has 0 fully saturated rings. The summed E-state index contributed by atoms with van der Waals surface area (Å²) in [6, 6.07) is 9.24. The predicted octanol–water partition coefficient (Wildman–Crippen LogP) is 1.65. The number of pyridine rings is 1. The largest absolute Gasteiger partial charge is 0.392 e. The molecule has 0 saturated carbocycles. The fraction of sp³-hybridized carbons (Fsp3) is 0.286. The molecule has 1 unspecified atom stereocenters. The molecule has 2 N–H and O–H groups in total. The highest BCUT2D eigenvalue weighted by Crippen LogP contribution is 2.14. The van der Waals surface area contributed by atoms with Crippen LogP contribution < -0.4 is 5.32 Å². The number of aliphatic hydroxyl groups is 1. The number of benzene rings is 1. The van der Waals surface area contributed by atoms with E-state index in [0.29, 0.717) is 5.56 Å². The SMILES string of the molecule is Cc1ccc2cc(C(=O)NCC(C)O)ccc2n1. The Morgan fingerprint density at radius 3 is 2.89 bits per heavy atom. The Kier molecular flexibility index (Phi) is 3.58. The van der Waals surface area contributed by atoms with Gasteiger partial charge in [-0.1, -0.05) is 6.07 Å². The second kappa shape index (κ2) is 5.14. The summed E-state index contributed by atoms with van der Waals surface area (Å²) in [5.41, 5.74) is 2.41. The lowest BCUT2D eigenvalue weighted by molar-refractivity contribution is 0.0924. The van der Waals surface area contributed by atoms with Crippen molar-refractivity contribution in [3.63, 3.8) is 0 Å². The third kappa shape index (κ3) is 2.84. The van der Waals surface area contributed by atoms with Gasteiger partial charge in [0.05, 0.1) is 11.6 Å². The molecule has 2 aromatic rings. The van der Waals surface area contributed by atoms with Gasteiger partial charge in [-0.05, 0) is 38.1 Å². The van der Waals surface area contributed by atoms with Crippen LogP contribution in [-0.2, 0) is 0 Å². The molecular weight excluding hydrogens is 228 g/mol. The fourth-order valence-corrected chi connectivity index (χ4v) is 1.71. The van der Waals surface area contributed by atoms with Crippen LogP contribution in [0.25, 0.3) is 10.9 Å². The molecule has 2 rings (SSSR count). The van der Waals surface area contributed by atoms with Gasteiger partial charge < -0.3 is 10.4 Å². The summed E-state index contributed by atoms with van der Waals surface area (Å²) in [4.78, 5) is 16.2. The highest BCUT2D eigenvalue weighted by molar-refractivity contribution is 5.97. The monoisotopic (exact) mass is 244 g/mol. The van der Waals surface area contributed by atoms with Crippen molar-refractivity contribution in [3.05, 3.63) is 41.6 Å². The molecule has 1 aromatic carbocycles. The van der Waals surface area contributed by atoms with E-state index in [-0.39, 0.29) is 12.5 Å². The van der Waals surface area contributed by atoms with Crippen LogP contribution in [-0.4, -0.2) is 28.6 Å². The number of rotatable bonds is 3. The maximum atomic E-state index is 11.8. The van der Waals surface area contributed by atoms with Gasteiger partial charge in [-0.25, -0.2) is 0 Å². The molecule has 1 atom stereocenters. The van der Waals surface area contributed by atoms with E-state index in [1.54, 1.807) is 19.1 Å². The zero-order valence-electron chi connectivity index (χ0n) is 10.5. The number of aryl methyl sites for hydroxylation is 1. The number of nitrogens with zero attached hydrogens (tertiary/aromatic N) is 1. The number of amides is 1. The Morgan fingerprint density at radius 2 is 2.17 bits per heavy atom. The van der Waals surface area contributed by atoms with Crippen molar-refractivity contribution in [1.29, 1.82) is 0 Å². The molecule has 1 amide bonds. The van der Waals surface area contributed by atoms with Crippen molar-refractivity contribution in [1.82, 2.24) is 10.3 Å². The molecule has 0 radical (unpaired) electrons. The second-order valence-corrected chi connectivity index (χ2v) is 4.42. The topological polar surface area (TPSA) is 62.2 Å². The molecule has 1 aromatic heterocycles. The Bertz CT molecular complexity index is 579. The molecule has 94 valence electrons. The lowest BCUT2D eigenvalue weighted by atomic mass is 10.1. The Labute approximate surface area is 106 Å². The van der Waals surface area contributed by atoms with E-state index in [9.17, 15) is 4.79 Å². The predicted molar refractivity (Wildman–Crippen MR) is 70.5 cm³/mol. The minimum absolute atomic E-state index is 0.182. The highest BCUT2D eigenvalue weighted by atomic mass is 16.3. The highest BCUT2D eigenvalue weighted by Gasteiger charge is 2.07. The average Bonchev–Trinajstić information content (AvgIpc) is 2.35. The quantitative estimate of drug-likeness (QED) is 0.863. The lowest BCUT2D eigenvalue weighted by Gasteiger charge is -2.07. The molecule has 0 aliphatic rings. The molecule has 4 heteroatoms. The number of fused-ring (bicyclic) bond motifs is 1. The molecule has 0 aliphatic heterocycles. The molecule has 0 saturated heterocycles. The first kappa shape index (κ1) is 12.5. The maximum absolute atomic E-state index is 11.8. The van der Waals surface area contributed by atoms with Gasteiger partial charge in [-0.2, -0.15) is 0 Å². The summed E-state index contributed by atoms with van der Waals surface area (Å²) in [6.07, 6.45) is -0.543. The molecule has 0 spiro atoms. The molecule has 1 heterocycles. The maximum Gasteiger partial charge on any atom is 0.251 e. The average molecular weight is 244 g/mol. The molecule has 0 bridgehead atoms. The van der Waals surface area contributed by atoms with Crippen LogP contribution in [0.15, 0.2) is 30.3 Å². The standard InChI is InChI=1S/C14H16N2O2/c1-9-3-4-11-7-12(5-6-13(11)16-9)14(18)15-8-10(2)17/h3-7,10,17H,8H2,1-2H3,(H,15,18). The Balaban J connectivity index is 2.24. The van der Waals surface area contributed by atoms with Crippen LogP contribution >= 0.6 is 0 Å². The van der Waals surface area contributed by atoms with Gasteiger partial charge in [0.2, 0.25) is 0 Å². The fourth-order valence-electron chi connectivity index (χ4n) is 1.71. The summed E-state index contributed by atoms with van der Waals surface area (Å²) < 4.78 is 0. The number of aromatic nitrogens is 1. The van der Waals surface area contributed by atoms with Gasteiger partial charge in [-0.15, -0.1) is 0 Å². The number of aliphatic hydroxyl groups excluding tert-OH is 1. The number of nitrogens with one attached hydrogen (secondary N) is 1. The first-order chi connectivity index (χ1) is 8.56. The third-order valence-corrected chi connectivity index (χ3v) is 2.65. The van der Waals surface area contributed by atoms with Crippen molar-refractivity contribution in [3.8, 4) is 0 Å². The third-order valence-electron chi connectivity index (χ3n) is 2.65. The zero-order valence-corrected chi connectivity index (χ0v) is 10.5. The lowest BCUT2D eigenvalue weighted by Crippen LogP contribution is -2.30. The summed E-state index contributed by atoms with van der Waals surface area (Å²) in [6.45, 7) is 3.82. The molecular formula is C14H16N2O2. The number of hydrogen-bond donors (Lipinski definition) is 2. The summed E-state index contributed by atoms with van der Waals surface area (Å²) >= 11 is 0. The van der Waals surface area contributed by atoms with Crippen LogP contribution in [0, 0.1) is 6.92 Å². The van der Waals surface area contributed by atoms with Crippen molar-refractivity contribution in [2.75, 3.05) is 6.54 Å². The zero-order chi connectivity index (χ0) is 13.1. The smallest absolute Gasteiger partial charge is 0.251 e. The van der Waals surface area contributed by atoms with Crippen LogP contribution in [0.4, 0.5) is 0 Å². The van der Waals surface area contributed by atoms with E-state index in [4.69, 9.17) is 5.11 Å².